The Hall–Kier alpha value is -1.13. The molecule has 0 spiro atoms. The molecule has 1 unspecified atom stereocenters. The van der Waals surface area contributed by atoms with E-state index < -0.39 is 0 Å². The van der Waals surface area contributed by atoms with Crippen LogP contribution in [0.5, 0.6) is 0 Å². The summed E-state index contributed by atoms with van der Waals surface area (Å²) in [6.07, 6.45) is 3.60. The van der Waals surface area contributed by atoms with Crippen molar-refractivity contribution in [3.05, 3.63) is 24.0 Å². The minimum atomic E-state index is 0.282. The zero-order chi connectivity index (χ0) is 13.8. The summed E-state index contributed by atoms with van der Waals surface area (Å²) in [5, 5.41) is 3.29. The highest BCUT2D eigenvalue weighted by molar-refractivity contribution is 5.45. The number of rotatable bonds is 4. The Morgan fingerprint density at radius 1 is 1.37 bits per heavy atom. The molecule has 1 aliphatic heterocycles. The van der Waals surface area contributed by atoms with Gasteiger partial charge >= 0.3 is 0 Å². The minimum Gasteiger partial charge on any atom is -0.372 e. The first-order chi connectivity index (χ1) is 9.13. The van der Waals surface area contributed by atoms with Crippen molar-refractivity contribution in [1.29, 1.82) is 0 Å². The van der Waals surface area contributed by atoms with Gasteiger partial charge in [0, 0.05) is 19.1 Å². The van der Waals surface area contributed by atoms with E-state index in [4.69, 9.17) is 4.74 Å². The van der Waals surface area contributed by atoms with Crippen molar-refractivity contribution in [2.45, 2.75) is 45.4 Å². The third kappa shape index (κ3) is 3.45. The van der Waals surface area contributed by atoms with Crippen molar-refractivity contribution >= 4 is 5.69 Å². The van der Waals surface area contributed by atoms with Crippen molar-refractivity contribution in [2.75, 3.05) is 25.0 Å². The molecule has 1 N–H and O–H groups in total. The lowest BCUT2D eigenvalue weighted by atomic mass is 10.1. The Morgan fingerprint density at radius 2 is 2.05 bits per heavy atom. The van der Waals surface area contributed by atoms with Crippen LogP contribution >= 0.6 is 0 Å². The van der Waals surface area contributed by atoms with E-state index in [1.54, 1.807) is 0 Å². The van der Waals surface area contributed by atoms with Gasteiger partial charge in [0.05, 0.1) is 29.8 Å². The molecule has 0 bridgehead atoms. The highest BCUT2D eigenvalue weighted by atomic mass is 16.5. The zero-order valence-electron chi connectivity index (χ0n) is 12.4. The highest BCUT2D eigenvalue weighted by Gasteiger charge is 2.22. The van der Waals surface area contributed by atoms with Gasteiger partial charge in [-0.05, 0) is 39.4 Å². The lowest BCUT2D eigenvalue weighted by Gasteiger charge is -2.36. The van der Waals surface area contributed by atoms with E-state index in [9.17, 15) is 0 Å². The second-order valence-corrected chi connectivity index (χ2v) is 5.35. The number of pyridine rings is 1. The Bertz CT molecular complexity index is 379. The molecule has 4 nitrogen and oxygen atoms in total. The Morgan fingerprint density at radius 3 is 2.53 bits per heavy atom. The molecular weight excluding hydrogens is 238 g/mol. The van der Waals surface area contributed by atoms with Crippen molar-refractivity contribution in [1.82, 2.24) is 10.3 Å². The molecule has 2 rings (SSSR count). The molecule has 0 aromatic carbocycles. The average molecular weight is 263 g/mol. The Labute approximate surface area is 116 Å². The molecule has 1 aliphatic rings. The average Bonchev–Trinajstić information content (AvgIpc) is 2.40. The number of aromatic nitrogens is 1. The van der Waals surface area contributed by atoms with Crippen molar-refractivity contribution in [3.63, 3.8) is 0 Å². The smallest absolute Gasteiger partial charge is 0.0726 e. The molecule has 19 heavy (non-hydrogen) atoms. The Balaban J connectivity index is 2.09. The summed E-state index contributed by atoms with van der Waals surface area (Å²) in [5.41, 5.74) is 2.31. The Kier molecular flexibility index (Phi) is 4.77. The number of morpholine rings is 1. The minimum absolute atomic E-state index is 0.282. The van der Waals surface area contributed by atoms with E-state index >= 15 is 0 Å². The van der Waals surface area contributed by atoms with E-state index in [-0.39, 0.29) is 12.2 Å². The molecule has 0 amide bonds. The molecule has 3 atom stereocenters. The lowest BCUT2D eigenvalue weighted by Crippen LogP contribution is -2.45. The molecule has 1 saturated heterocycles. The van der Waals surface area contributed by atoms with Crippen LogP contribution in [-0.2, 0) is 4.74 Å². The second-order valence-electron chi connectivity index (χ2n) is 5.35. The maximum atomic E-state index is 5.76. The van der Waals surface area contributed by atoms with Gasteiger partial charge in [-0.3, -0.25) is 4.98 Å². The van der Waals surface area contributed by atoms with Crippen LogP contribution in [0.25, 0.3) is 0 Å². The molecule has 106 valence electrons. The molecule has 1 aromatic heterocycles. The number of hydrogen-bond acceptors (Lipinski definition) is 4. The third-order valence-corrected chi connectivity index (χ3v) is 3.67. The monoisotopic (exact) mass is 263 g/mol. The number of nitrogens with one attached hydrogen (secondary N) is 1. The summed E-state index contributed by atoms with van der Waals surface area (Å²) in [7, 11) is 1.98. The van der Waals surface area contributed by atoms with Gasteiger partial charge < -0.3 is 15.0 Å². The quantitative estimate of drug-likeness (QED) is 0.905. The predicted molar refractivity (Wildman–Crippen MR) is 78.6 cm³/mol. The molecule has 1 aromatic rings. The zero-order valence-corrected chi connectivity index (χ0v) is 12.4. The van der Waals surface area contributed by atoms with Gasteiger partial charge in [-0.15, -0.1) is 0 Å². The van der Waals surface area contributed by atoms with Crippen LogP contribution in [0, 0.1) is 0 Å². The van der Waals surface area contributed by atoms with Crippen LogP contribution in [0.1, 0.15) is 38.9 Å². The largest absolute Gasteiger partial charge is 0.372 e. The van der Waals surface area contributed by atoms with E-state index in [0.29, 0.717) is 6.04 Å². The van der Waals surface area contributed by atoms with Crippen LogP contribution < -0.4 is 10.2 Å². The standard InChI is InChI=1S/C15H25N3O/c1-5-14(16-4)15-7-6-13(8-17-15)18-9-11(2)19-12(3)10-18/h6-8,11-12,14,16H,5,9-10H2,1-4H3/t11-,12+,14?. The van der Waals surface area contributed by atoms with Gasteiger partial charge in [0.2, 0.25) is 0 Å². The van der Waals surface area contributed by atoms with E-state index in [2.05, 4.69) is 48.1 Å². The fraction of sp³-hybridized carbons (Fsp3) is 0.667. The van der Waals surface area contributed by atoms with E-state index in [1.807, 2.05) is 13.2 Å². The SMILES string of the molecule is CCC(NC)c1ccc(N2C[C@@H](C)O[C@@H](C)C2)cn1. The van der Waals surface area contributed by atoms with E-state index in [0.717, 1.165) is 25.2 Å². The van der Waals surface area contributed by atoms with Crippen LogP contribution in [0.4, 0.5) is 5.69 Å². The topological polar surface area (TPSA) is 37.4 Å². The fourth-order valence-electron chi connectivity index (χ4n) is 2.74. The maximum absolute atomic E-state index is 5.76. The normalized spacial score (nSPS) is 25.4. The van der Waals surface area contributed by atoms with Gasteiger partial charge in [-0.1, -0.05) is 6.92 Å². The number of nitrogens with zero attached hydrogens (tertiary/aromatic N) is 2. The summed E-state index contributed by atoms with van der Waals surface area (Å²) in [5.74, 6) is 0. The van der Waals surface area contributed by atoms with Crippen LogP contribution in [0.15, 0.2) is 18.3 Å². The molecular formula is C15H25N3O. The molecule has 2 heterocycles. The first kappa shape index (κ1) is 14.3. The molecule has 4 heteroatoms. The summed E-state index contributed by atoms with van der Waals surface area (Å²) >= 11 is 0. The highest BCUT2D eigenvalue weighted by Crippen LogP contribution is 2.21. The predicted octanol–water partition coefficient (Wildman–Crippen LogP) is 2.37. The van der Waals surface area contributed by atoms with Crippen LogP contribution in [0.2, 0.25) is 0 Å². The number of hydrogen-bond donors (Lipinski definition) is 1. The van der Waals surface area contributed by atoms with Crippen molar-refractivity contribution < 1.29 is 4.74 Å². The second kappa shape index (κ2) is 6.35. The summed E-state index contributed by atoms with van der Waals surface area (Å²) in [6, 6.07) is 4.65. The van der Waals surface area contributed by atoms with Crippen LogP contribution in [0.3, 0.4) is 0 Å². The molecule has 0 aliphatic carbocycles. The van der Waals surface area contributed by atoms with Gasteiger partial charge in [-0.25, -0.2) is 0 Å². The number of ether oxygens (including phenoxy) is 1. The van der Waals surface area contributed by atoms with E-state index in [1.165, 1.54) is 5.69 Å². The lowest BCUT2D eigenvalue weighted by molar-refractivity contribution is -0.00523. The summed E-state index contributed by atoms with van der Waals surface area (Å²) in [6.45, 7) is 8.29. The van der Waals surface area contributed by atoms with Crippen LogP contribution in [-0.4, -0.2) is 37.3 Å². The maximum Gasteiger partial charge on any atom is 0.0726 e. The molecule has 1 fully saturated rings. The summed E-state index contributed by atoms with van der Waals surface area (Å²) < 4.78 is 5.76. The number of anilines is 1. The summed E-state index contributed by atoms with van der Waals surface area (Å²) in [4.78, 5) is 6.96. The van der Waals surface area contributed by atoms with Crippen molar-refractivity contribution in [2.24, 2.45) is 0 Å². The first-order valence-electron chi connectivity index (χ1n) is 7.17. The third-order valence-electron chi connectivity index (χ3n) is 3.67. The molecule has 0 radical (unpaired) electrons. The fourth-order valence-corrected chi connectivity index (χ4v) is 2.74. The van der Waals surface area contributed by atoms with Gasteiger partial charge in [0.25, 0.3) is 0 Å². The van der Waals surface area contributed by atoms with Gasteiger partial charge in [-0.2, -0.15) is 0 Å². The first-order valence-corrected chi connectivity index (χ1v) is 7.17. The van der Waals surface area contributed by atoms with Crippen molar-refractivity contribution in [3.8, 4) is 0 Å². The molecule has 0 saturated carbocycles. The van der Waals surface area contributed by atoms with Gasteiger partial charge in [0.1, 0.15) is 0 Å². The van der Waals surface area contributed by atoms with Gasteiger partial charge in [0.15, 0.2) is 0 Å².